The second-order valence-corrected chi connectivity index (χ2v) is 12.1. The van der Waals surface area contributed by atoms with Crippen LogP contribution in [0.5, 0.6) is 5.75 Å². The summed E-state index contributed by atoms with van der Waals surface area (Å²) in [6.45, 7) is 13.0. The van der Waals surface area contributed by atoms with E-state index in [4.69, 9.17) is 4.74 Å². The molecular formula is C30H41N3O5. The number of rotatable bonds is 8. The van der Waals surface area contributed by atoms with Crippen molar-refractivity contribution < 1.29 is 24.2 Å². The number of ether oxygens (including phenoxy) is 1. The average molecular weight is 524 g/mol. The van der Waals surface area contributed by atoms with Gasteiger partial charge in [0.05, 0.1) is 0 Å². The lowest BCUT2D eigenvalue weighted by molar-refractivity contribution is -0.144. The largest absolute Gasteiger partial charge is 0.508 e. The molecule has 1 aliphatic carbocycles. The molecule has 1 fully saturated rings. The predicted octanol–water partition coefficient (Wildman–Crippen LogP) is 4.72. The van der Waals surface area contributed by atoms with Gasteiger partial charge in [0.25, 0.3) is 0 Å². The Bertz CT molecular complexity index is 1120. The summed E-state index contributed by atoms with van der Waals surface area (Å²) in [4.78, 5) is 42.6. The van der Waals surface area contributed by atoms with Crippen molar-refractivity contribution in [3.05, 3.63) is 65.7 Å². The molecule has 1 saturated carbocycles. The summed E-state index contributed by atoms with van der Waals surface area (Å²) in [6.07, 6.45) is 0.211. The summed E-state index contributed by atoms with van der Waals surface area (Å²) in [6, 6.07) is 13.7. The van der Waals surface area contributed by atoms with E-state index in [1.165, 1.54) is 12.1 Å². The predicted molar refractivity (Wildman–Crippen MR) is 146 cm³/mol. The number of nitrogens with one attached hydrogen (secondary N) is 2. The third-order valence-corrected chi connectivity index (χ3v) is 6.18. The Morgan fingerprint density at radius 3 is 2.08 bits per heavy atom. The maximum atomic E-state index is 14.4. The molecule has 3 N–H and O–H groups in total. The Kier molecular flexibility index (Phi) is 8.75. The zero-order valence-electron chi connectivity index (χ0n) is 23.4. The average Bonchev–Trinajstić information content (AvgIpc) is 3.51. The van der Waals surface area contributed by atoms with Crippen LogP contribution in [0.15, 0.2) is 54.6 Å². The Balaban J connectivity index is 2.03. The molecule has 4 unspecified atom stereocenters. The van der Waals surface area contributed by atoms with Crippen molar-refractivity contribution in [2.75, 3.05) is 0 Å². The zero-order valence-corrected chi connectivity index (χ0v) is 23.4. The fraction of sp³-hybridized carbons (Fsp3) is 0.500. The lowest BCUT2D eigenvalue weighted by Gasteiger charge is -2.36. The van der Waals surface area contributed by atoms with Gasteiger partial charge in [0.1, 0.15) is 23.4 Å². The van der Waals surface area contributed by atoms with Gasteiger partial charge >= 0.3 is 6.09 Å². The van der Waals surface area contributed by atoms with Gasteiger partial charge in [-0.3, -0.25) is 9.59 Å². The van der Waals surface area contributed by atoms with E-state index in [2.05, 4.69) is 10.6 Å². The van der Waals surface area contributed by atoms with Crippen LogP contribution in [0.4, 0.5) is 4.79 Å². The van der Waals surface area contributed by atoms with Crippen molar-refractivity contribution in [3.8, 4) is 5.75 Å². The van der Waals surface area contributed by atoms with Crippen LogP contribution in [0.3, 0.4) is 0 Å². The molecular weight excluding hydrogens is 482 g/mol. The quantitative estimate of drug-likeness (QED) is 0.464. The molecule has 2 aromatic carbocycles. The van der Waals surface area contributed by atoms with Gasteiger partial charge in [-0.1, -0.05) is 49.4 Å². The molecule has 4 atom stereocenters. The van der Waals surface area contributed by atoms with E-state index >= 15 is 0 Å². The van der Waals surface area contributed by atoms with E-state index in [1.807, 2.05) is 58.0 Å². The monoisotopic (exact) mass is 523 g/mol. The van der Waals surface area contributed by atoms with E-state index < -0.39 is 29.3 Å². The number of nitrogens with zero attached hydrogens (tertiary/aromatic N) is 1. The van der Waals surface area contributed by atoms with Crippen LogP contribution in [-0.2, 0) is 20.7 Å². The second-order valence-electron chi connectivity index (χ2n) is 12.1. The van der Waals surface area contributed by atoms with Gasteiger partial charge in [-0.2, -0.15) is 0 Å². The number of phenols is 1. The normalized spacial score (nSPS) is 18.6. The Hall–Kier alpha value is -3.55. The molecule has 0 heterocycles. The number of phenolic OH excluding ortho intramolecular Hbond substituents is 1. The number of hydrogen-bond acceptors (Lipinski definition) is 5. The van der Waals surface area contributed by atoms with E-state index in [0.29, 0.717) is 5.56 Å². The van der Waals surface area contributed by atoms with E-state index in [1.54, 1.807) is 37.8 Å². The molecule has 2 aromatic rings. The van der Waals surface area contributed by atoms with Gasteiger partial charge < -0.3 is 25.4 Å². The molecule has 206 valence electrons. The molecule has 0 radical (unpaired) electrons. The lowest BCUT2D eigenvalue weighted by atomic mass is 9.98. The van der Waals surface area contributed by atoms with Crippen LogP contribution in [0.2, 0.25) is 0 Å². The number of amides is 3. The summed E-state index contributed by atoms with van der Waals surface area (Å²) in [5.74, 6) is -0.329. The zero-order chi connectivity index (χ0) is 28.3. The van der Waals surface area contributed by atoms with Gasteiger partial charge in [-0.05, 0) is 77.1 Å². The minimum atomic E-state index is -0.990. The number of carbonyl (C=O) groups is 3. The Labute approximate surface area is 225 Å². The molecule has 8 heteroatoms. The minimum absolute atomic E-state index is 0.105. The van der Waals surface area contributed by atoms with Crippen molar-refractivity contribution >= 4 is 17.9 Å². The second kappa shape index (κ2) is 11.5. The van der Waals surface area contributed by atoms with Crippen molar-refractivity contribution in [2.45, 2.75) is 90.6 Å². The maximum absolute atomic E-state index is 14.4. The standard InChI is InChI=1S/C30H41N3O5/c1-19-17-24(19)33(25(21-11-9-8-10-12-21)26(35)32-29(2,3)4)27(36)23(31-28(37)38-30(5,6)7)18-20-13-15-22(34)16-14-20/h8-16,19,23-25,34H,17-18H2,1-7H3,(H,31,37)(H,32,35). The topological polar surface area (TPSA) is 108 Å². The van der Waals surface area contributed by atoms with E-state index in [-0.39, 0.29) is 35.9 Å². The van der Waals surface area contributed by atoms with Crippen molar-refractivity contribution in [1.29, 1.82) is 0 Å². The summed E-state index contributed by atoms with van der Waals surface area (Å²) in [5, 5.41) is 15.5. The fourth-order valence-electron chi connectivity index (χ4n) is 4.38. The van der Waals surface area contributed by atoms with Crippen molar-refractivity contribution in [2.24, 2.45) is 5.92 Å². The van der Waals surface area contributed by atoms with Gasteiger partial charge in [-0.25, -0.2) is 4.79 Å². The minimum Gasteiger partial charge on any atom is -0.508 e. The summed E-state index contributed by atoms with van der Waals surface area (Å²) in [5.41, 5.74) is 0.188. The van der Waals surface area contributed by atoms with E-state index in [9.17, 15) is 19.5 Å². The Morgan fingerprint density at radius 1 is 1.00 bits per heavy atom. The summed E-state index contributed by atoms with van der Waals surface area (Å²) >= 11 is 0. The van der Waals surface area contributed by atoms with Crippen molar-refractivity contribution in [3.63, 3.8) is 0 Å². The first kappa shape index (κ1) is 29.0. The smallest absolute Gasteiger partial charge is 0.408 e. The van der Waals surface area contributed by atoms with Crippen LogP contribution < -0.4 is 10.6 Å². The summed E-state index contributed by atoms with van der Waals surface area (Å²) in [7, 11) is 0. The van der Waals surface area contributed by atoms with Gasteiger partial charge in [-0.15, -0.1) is 0 Å². The third kappa shape index (κ3) is 8.23. The van der Waals surface area contributed by atoms with E-state index in [0.717, 1.165) is 12.0 Å². The first-order valence-corrected chi connectivity index (χ1v) is 13.1. The molecule has 0 bridgehead atoms. The highest BCUT2D eigenvalue weighted by atomic mass is 16.6. The van der Waals surface area contributed by atoms with Crippen LogP contribution in [0.25, 0.3) is 0 Å². The molecule has 3 amide bonds. The molecule has 0 aliphatic heterocycles. The first-order valence-electron chi connectivity index (χ1n) is 13.1. The fourth-order valence-corrected chi connectivity index (χ4v) is 4.38. The lowest BCUT2D eigenvalue weighted by Crippen LogP contribution is -2.56. The number of aromatic hydroxyl groups is 1. The molecule has 0 spiro atoms. The SMILES string of the molecule is CC1CC1N(C(=O)C(Cc1ccc(O)cc1)NC(=O)OC(C)(C)C)C(C(=O)NC(C)(C)C)c1ccccc1. The number of alkyl carbamates (subject to hydrolysis) is 1. The highest BCUT2D eigenvalue weighted by Crippen LogP contribution is 2.41. The van der Waals surface area contributed by atoms with Crippen molar-refractivity contribution in [1.82, 2.24) is 15.5 Å². The van der Waals surface area contributed by atoms with Crippen LogP contribution >= 0.6 is 0 Å². The molecule has 0 aromatic heterocycles. The number of hydrogen-bond donors (Lipinski definition) is 3. The van der Waals surface area contributed by atoms with Crippen LogP contribution in [-0.4, -0.2) is 51.1 Å². The van der Waals surface area contributed by atoms with Gasteiger partial charge in [0, 0.05) is 18.0 Å². The van der Waals surface area contributed by atoms with Crippen LogP contribution in [0, 0.1) is 5.92 Å². The number of carbonyl (C=O) groups excluding carboxylic acids is 3. The summed E-state index contributed by atoms with van der Waals surface area (Å²) < 4.78 is 5.47. The molecule has 38 heavy (non-hydrogen) atoms. The molecule has 0 saturated heterocycles. The van der Waals surface area contributed by atoms with Crippen LogP contribution in [0.1, 0.15) is 72.1 Å². The molecule has 3 rings (SSSR count). The molecule has 1 aliphatic rings. The molecule has 8 nitrogen and oxygen atoms in total. The van der Waals surface area contributed by atoms with Gasteiger partial charge in [0.15, 0.2) is 0 Å². The van der Waals surface area contributed by atoms with Gasteiger partial charge in [0.2, 0.25) is 11.8 Å². The highest BCUT2D eigenvalue weighted by molar-refractivity contribution is 5.93. The highest BCUT2D eigenvalue weighted by Gasteiger charge is 2.48. The number of benzene rings is 2. The maximum Gasteiger partial charge on any atom is 0.408 e. The first-order chi connectivity index (χ1) is 17.6. The third-order valence-electron chi connectivity index (χ3n) is 6.18. The Morgan fingerprint density at radius 2 is 1.58 bits per heavy atom.